The van der Waals surface area contributed by atoms with Crippen LogP contribution in [0.4, 0.5) is 19.7 Å². The van der Waals surface area contributed by atoms with Crippen molar-refractivity contribution >= 4 is 36.3 Å². The third-order valence-electron chi connectivity index (χ3n) is 8.57. The minimum absolute atomic E-state index is 0.0280. The first kappa shape index (κ1) is 35.0. The van der Waals surface area contributed by atoms with Crippen molar-refractivity contribution in [2.45, 2.75) is 89.5 Å². The van der Waals surface area contributed by atoms with Crippen LogP contribution in [0, 0.1) is 5.82 Å². The first-order valence-electron chi connectivity index (χ1n) is 16.2. The Morgan fingerprint density at radius 2 is 1.71 bits per heavy atom. The summed E-state index contributed by atoms with van der Waals surface area (Å²) in [5, 5.41) is 6.37. The topological polar surface area (TPSA) is 97.0 Å². The van der Waals surface area contributed by atoms with Crippen molar-refractivity contribution in [1.82, 2.24) is 10.2 Å². The molecule has 2 N–H and O–H groups in total. The number of cyclic esters (lactones) is 1. The number of halogens is 1. The molecule has 1 aliphatic heterocycles. The summed E-state index contributed by atoms with van der Waals surface area (Å²) < 4.78 is 24.8. The van der Waals surface area contributed by atoms with Gasteiger partial charge in [-0.05, 0) is 98.5 Å². The number of carbonyl (C=O) groups excluding carboxylic acids is 3. The normalized spacial score (nSPS) is 18.2. The van der Waals surface area contributed by atoms with E-state index in [1.807, 2.05) is 29.2 Å². The summed E-state index contributed by atoms with van der Waals surface area (Å²) in [4.78, 5) is 40.7. The molecule has 0 spiro atoms. The number of allylic oxidation sites excluding steroid dienone is 1. The van der Waals surface area contributed by atoms with Gasteiger partial charge in [-0.25, -0.2) is 14.0 Å². The van der Waals surface area contributed by atoms with E-state index in [4.69, 9.17) is 9.47 Å². The number of ketones is 1. The van der Waals surface area contributed by atoms with E-state index in [-0.39, 0.29) is 11.2 Å². The third kappa shape index (κ3) is 8.58. The predicted octanol–water partition coefficient (Wildman–Crippen LogP) is 8.14. The summed E-state index contributed by atoms with van der Waals surface area (Å²) in [6, 6.07) is 20.6. The lowest BCUT2D eigenvalue weighted by atomic mass is 9.85. The van der Waals surface area contributed by atoms with Crippen molar-refractivity contribution in [2.75, 3.05) is 11.9 Å². The maximum absolute atomic E-state index is 13.4. The Bertz CT molecular complexity index is 1690. The van der Waals surface area contributed by atoms with Gasteiger partial charge in [0.05, 0.1) is 23.2 Å². The molecule has 1 aliphatic carbocycles. The maximum Gasteiger partial charge on any atom is 0.411 e. The second-order valence-corrected chi connectivity index (χ2v) is 15.1. The molecule has 0 aromatic heterocycles. The van der Waals surface area contributed by atoms with E-state index in [0.29, 0.717) is 29.2 Å². The number of nitrogens with one attached hydrogen (secondary N) is 2. The molecule has 48 heavy (non-hydrogen) atoms. The fourth-order valence-electron chi connectivity index (χ4n) is 5.87. The van der Waals surface area contributed by atoms with E-state index in [1.54, 1.807) is 20.8 Å². The van der Waals surface area contributed by atoms with Crippen LogP contribution in [0.5, 0.6) is 0 Å². The molecule has 0 radical (unpaired) electrons. The Morgan fingerprint density at radius 3 is 2.31 bits per heavy atom. The van der Waals surface area contributed by atoms with Gasteiger partial charge < -0.3 is 20.1 Å². The number of thiol groups is 1. The van der Waals surface area contributed by atoms with E-state index >= 15 is 0 Å². The van der Waals surface area contributed by atoms with Gasteiger partial charge in [0.25, 0.3) is 0 Å². The van der Waals surface area contributed by atoms with Crippen LogP contribution in [-0.4, -0.2) is 47.2 Å². The van der Waals surface area contributed by atoms with Crippen LogP contribution in [0.2, 0.25) is 0 Å². The van der Waals surface area contributed by atoms with Crippen molar-refractivity contribution in [3.8, 4) is 0 Å². The lowest BCUT2D eigenvalue weighted by Gasteiger charge is -2.29. The third-order valence-corrected chi connectivity index (χ3v) is 8.81. The van der Waals surface area contributed by atoms with Gasteiger partial charge in [-0.3, -0.25) is 9.69 Å². The first-order valence-corrected chi connectivity index (χ1v) is 16.6. The Hall–Kier alpha value is -4.31. The van der Waals surface area contributed by atoms with Crippen molar-refractivity contribution in [2.24, 2.45) is 0 Å². The maximum atomic E-state index is 13.4. The zero-order valence-electron chi connectivity index (χ0n) is 28.3. The van der Waals surface area contributed by atoms with Gasteiger partial charge in [-0.1, -0.05) is 57.2 Å². The van der Waals surface area contributed by atoms with Gasteiger partial charge in [-0.2, -0.15) is 0 Å². The van der Waals surface area contributed by atoms with Crippen molar-refractivity contribution < 1.29 is 28.2 Å². The van der Waals surface area contributed by atoms with Gasteiger partial charge in [0.2, 0.25) is 0 Å². The van der Waals surface area contributed by atoms with Crippen LogP contribution in [0.1, 0.15) is 81.4 Å². The second kappa shape index (κ2) is 13.7. The molecule has 3 aromatic carbocycles. The molecule has 0 bridgehead atoms. The molecule has 254 valence electrons. The molecule has 1 saturated carbocycles. The minimum Gasteiger partial charge on any atom is -0.444 e. The molecule has 1 saturated heterocycles. The molecule has 5 rings (SSSR count). The molecule has 10 heteroatoms. The minimum atomic E-state index is -0.702. The average molecular weight is 674 g/mol. The molecule has 2 amide bonds. The lowest BCUT2D eigenvalue weighted by Crippen LogP contribution is -2.48. The highest BCUT2D eigenvalue weighted by molar-refractivity contribution is 7.84. The van der Waals surface area contributed by atoms with Gasteiger partial charge in [0.15, 0.2) is 5.78 Å². The monoisotopic (exact) mass is 673 g/mol. The van der Waals surface area contributed by atoms with Crippen LogP contribution in [0.3, 0.4) is 0 Å². The fraction of sp³-hybridized carbons (Fsp3) is 0.395. The molecule has 2 atom stereocenters. The number of carbonyl (C=O) groups is 3. The first-order chi connectivity index (χ1) is 22.5. The second-order valence-electron chi connectivity index (χ2n) is 14.6. The average Bonchev–Trinajstić information content (AvgIpc) is 3.71. The number of benzene rings is 3. The Labute approximate surface area is 287 Å². The number of rotatable bonds is 10. The summed E-state index contributed by atoms with van der Waals surface area (Å²) in [7, 11) is 0. The van der Waals surface area contributed by atoms with Crippen LogP contribution in [0.25, 0.3) is 0 Å². The van der Waals surface area contributed by atoms with E-state index < -0.39 is 41.3 Å². The summed E-state index contributed by atoms with van der Waals surface area (Å²) in [5.74, 6) is -0.726. The number of hydrogen-bond donors (Lipinski definition) is 3. The quantitative estimate of drug-likeness (QED) is 0.114. The summed E-state index contributed by atoms with van der Waals surface area (Å²) in [5.41, 5.74) is 3.08. The molecule has 0 unspecified atom stereocenters. The van der Waals surface area contributed by atoms with Crippen molar-refractivity contribution in [1.29, 1.82) is 0 Å². The van der Waals surface area contributed by atoms with E-state index in [1.165, 1.54) is 35.9 Å². The number of nitrogens with zero attached hydrogens (tertiary/aromatic N) is 1. The summed E-state index contributed by atoms with van der Waals surface area (Å²) in [6.07, 6.45) is 1.82. The molecule has 3 aromatic rings. The highest BCUT2D eigenvalue weighted by atomic mass is 32.1. The van der Waals surface area contributed by atoms with Crippen molar-refractivity contribution in [3.63, 3.8) is 0 Å². The molecule has 2 aliphatic rings. The van der Waals surface area contributed by atoms with Crippen LogP contribution in [0.15, 0.2) is 83.9 Å². The largest absolute Gasteiger partial charge is 0.444 e. The number of anilines is 1. The Morgan fingerprint density at radius 1 is 1.04 bits per heavy atom. The molecular formula is C38H44FN3O5S. The highest BCUT2D eigenvalue weighted by Gasteiger charge is 2.56. The zero-order valence-corrected chi connectivity index (χ0v) is 29.2. The number of hydrogen-bond acceptors (Lipinski definition) is 7. The fourth-order valence-corrected chi connectivity index (χ4v) is 6.12. The predicted molar refractivity (Wildman–Crippen MR) is 188 cm³/mol. The standard InChI is InChI=1S/C38H44FN3O5S/c1-36(2,3)26-8-7-9-27(21-26)38(18-19-38)42-23-32(46-35(42)45)30(41-34(44)47-37(4,5)6)20-24-10-16-29(17-11-24)40-33(48)22-31(43)25-12-14-28(39)15-13-25/h7-17,21-22,30,32,40,48H,18-20,23H2,1-6H3,(H,41,44)/b33-22-/t30-,32+/m0/s1. The molecule has 2 fully saturated rings. The zero-order chi connectivity index (χ0) is 34.9. The van der Waals surface area contributed by atoms with Crippen LogP contribution in [-0.2, 0) is 26.8 Å². The lowest BCUT2D eigenvalue weighted by molar-refractivity contribution is 0.0436. The SMILES string of the molecule is CC(C)(C)OC(=O)N[C@@H](Cc1ccc(N/C(S)=C/C(=O)c2ccc(F)cc2)cc1)[C@H]1CN(C2(c3cccc(C(C)(C)C)c3)CC2)C(=O)O1. The Balaban J connectivity index is 1.30. The summed E-state index contributed by atoms with van der Waals surface area (Å²) in [6.45, 7) is 12.2. The summed E-state index contributed by atoms with van der Waals surface area (Å²) >= 11 is 4.39. The van der Waals surface area contributed by atoms with Gasteiger partial charge in [-0.15, -0.1) is 12.6 Å². The van der Waals surface area contributed by atoms with Crippen LogP contribution >= 0.6 is 12.6 Å². The van der Waals surface area contributed by atoms with E-state index in [0.717, 1.165) is 24.0 Å². The van der Waals surface area contributed by atoms with Gasteiger partial charge in [0, 0.05) is 17.3 Å². The number of alkyl carbamates (subject to hydrolysis) is 1. The van der Waals surface area contributed by atoms with E-state index in [2.05, 4.69) is 68.3 Å². The molecule has 1 heterocycles. The number of ether oxygens (including phenoxy) is 2. The van der Waals surface area contributed by atoms with Gasteiger partial charge >= 0.3 is 12.2 Å². The smallest absolute Gasteiger partial charge is 0.411 e. The number of amides is 2. The molecule has 8 nitrogen and oxygen atoms in total. The highest BCUT2D eigenvalue weighted by Crippen LogP contribution is 2.53. The van der Waals surface area contributed by atoms with Crippen LogP contribution < -0.4 is 10.6 Å². The van der Waals surface area contributed by atoms with E-state index in [9.17, 15) is 18.8 Å². The Kier molecular flexibility index (Phi) is 9.97. The molecular weight excluding hydrogens is 629 g/mol. The van der Waals surface area contributed by atoms with Gasteiger partial charge in [0.1, 0.15) is 17.5 Å². The van der Waals surface area contributed by atoms with Crippen molar-refractivity contribution in [3.05, 3.63) is 112 Å².